The lowest BCUT2D eigenvalue weighted by molar-refractivity contribution is -0.111. The molecule has 5 heteroatoms. The Labute approximate surface area is 134 Å². The van der Waals surface area contributed by atoms with Crippen LogP contribution in [0, 0.1) is 0 Å². The van der Waals surface area contributed by atoms with Crippen molar-refractivity contribution in [3.05, 3.63) is 64.1 Å². The minimum absolute atomic E-state index is 0.174. The third-order valence-electron chi connectivity index (χ3n) is 2.78. The van der Waals surface area contributed by atoms with E-state index in [-0.39, 0.29) is 5.91 Å². The monoisotopic (exact) mass is 358 g/mol. The summed E-state index contributed by atoms with van der Waals surface area (Å²) in [5, 5.41) is 3.63. The Morgan fingerprint density at radius 3 is 2.86 bits per heavy atom. The van der Waals surface area contributed by atoms with Crippen LogP contribution in [0.25, 0.3) is 16.3 Å². The number of amides is 1. The number of halogens is 1. The van der Waals surface area contributed by atoms with E-state index in [4.69, 9.17) is 0 Å². The summed E-state index contributed by atoms with van der Waals surface area (Å²) in [5.74, 6) is -0.174. The summed E-state index contributed by atoms with van der Waals surface area (Å²) in [7, 11) is 0. The molecule has 0 aliphatic carbocycles. The van der Waals surface area contributed by atoms with Crippen LogP contribution in [0.5, 0.6) is 0 Å². The molecule has 1 amide bonds. The molecule has 3 nitrogen and oxygen atoms in total. The number of fused-ring (bicyclic) bond motifs is 1. The van der Waals surface area contributed by atoms with Gasteiger partial charge in [0, 0.05) is 16.2 Å². The molecule has 0 aliphatic rings. The lowest BCUT2D eigenvalue weighted by Crippen LogP contribution is -2.07. The zero-order valence-electron chi connectivity index (χ0n) is 10.9. The minimum atomic E-state index is -0.174. The van der Waals surface area contributed by atoms with Crippen molar-refractivity contribution >= 4 is 55.2 Å². The number of anilines is 1. The number of thiazole rings is 1. The van der Waals surface area contributed by atoms with Gasteiger partial charge in [-0.15, -0.1) is 11.3 Å². The standard InChI is InChI=1S/C16H11BrN2OS/c17-11-4-3-5-12(10-11)18-15(20)8-9-16-19-13-6-1-2-7-14(13)21-16/h1-10H,(H,18,20). The van der Waals surface area contributed by atoms with E-state index in [1.807, 2.05) is 48.5 Å². The first-order valence-electron chi connectivity index (χ1n) is 6.31. The molecule has 3 rings (SSSR count). The number of nitrogens with one attached hydrogen (secondary N) is 1. The summed E-state index contributed by atoms with van der Waals surface area (Å²) in [5.41, 5.74) is 1.71. The Morgan fingerprint density at radius 2 is 2.05 bits per heavy atom. The van der Waals surface area contributed by atoms with E-state index in [2.05, 4.69) is 26.2 Å². The molecular weight excluding hydrogens is 348 g/mol. The van der Waals surface area contributed by atoms with Gasteiger partial charge in [-0.05, 0) is 36.4 Å². The molecule has 0 aliphatic heterocycles. The van der Waals surface area contributed by atoms with Gasteiger partial charge in [-0.25, -0.2) is 4.98 Å². The van der Waals surface area contributed by atoms with Gasteiger partial charge in [0.15, 0.2) is 0 Å². The third kappa shape index (κ3) is 3.56. The average molecular weight is 359 g/mol. The third-order valence-corrected chi connectivity index (χ3v) is 4.27. The smallest absolute Gasteiger partial charge is 0.248 e. The van der Waals surface area contributed by atoms with E-state index in [1.54, 1.807) is 17.4 Å². The molecule has 3 aromatic rings. The highest BCUT2D eigenvalue weighted by atomic mass is 79.9. The zero-order chi connectivity index (χ0) is 14.7. The predicted octanol–water partition coefficient (Wildman–Crippen LogP) is 4.71. The first-order chi connectivity index (χ1) is 10.2. The van der Waals surface area contributed by atoms with Crippen molar-refractivity contribution in [1.82, 2.24) is 4.98 Å². The fourth-order valence-corrected chi connectivity index (χ4v) is 3.13. The van der Waals surface area contributed by atoms with Gasteiger partial charge in [-0.2, -0.15) is 0 Å². The van der Waals surface area contributed by atoms with E-state index in [0.717, 1.165) is 25.4 Å². The predicted molar refractivity (Wildman–Crippen MR) is 91.4 cm³/mol. The molecule has 0 unspecified atom stereocenters. The van der Waals surface area contributed by atoms with E-state index in [9.17, 15) is 4.79 Å². The molecule has 0 saturated carbocycles. The van der Waals surface area contributed by atoms with Crippen LogP contribution in [0.2, 0.25) is 0 Å². The first kappa shape index (κ1) is 14.0. The van der Waals surface area contributed by atoms with Gasteiger partial charge >= 0.3 is 0 Å². The molecule has 0 saturated heterocycles. The van der Waals surface area contributed by atoms with Crippen molar-refractivity contribution in [3.8, 4) is 0 Å². The molecule has 0 fully saturated rings. The van der Waals surface area contributed by atoms with Crippen LogP contribution in [0.4, 0.5) is 5.69 Å². The van der Waals surface area contributed by atoms with Crippen LogP contribution in [0.1, 0.15) is 5.01 Å². The maximum absolute atomic E-state index is 11.9. The Kier molecular flexibility index (Phi) is 4.13. The second-order valence-electron chi connectivity index (χ2n) is 4.35. The van der Waals surface area contributed by atoms with E-state index >= 15 is 0 Å². The molecule has 0 atom stereocenters. The van der Waals surface area contributed by atoms with Crippen molar-refractivity contribution in [3.63, 3.8) is 0 Å². The average Bonchev–Trinajstić information content (AvgIpc) is 2.88. The van der Waals surface area contributed by atoms with Crippen molar-refractivity contribution in [2.75, 3.05) is 5.32 Å². The van der Waals surface area contributed by atoms with Crippen molar-refractivity contribution in [1.29, 1.82) is 0 Å². The van der Waals surface area contributed by atoms with Crippen LogP contribution < -0.4 is 5.32 Å². The number of para-hydroxylation sites is 1. The van der Waals surface area contributed by atoms with Crippen LogP contribution >= 0.6 is 27.3 Å². The number of hydrogen-bond donors (Lipinski definition) is 1. The molecule has 1 N–H and O–H groups in total. The number of rotatable bonds is 3. The van der Waals surface area contributed by atoms with Crippen molar-refractivity contribution < 1.29 is 4.79 Å². The zero-order valence-corrected chi connectivity index (χ0v) is 13.3. The van der Waals surface area contributed by atoms with Gasteiger partial charge in [-0.1, -0.05) is 34.1 Å². The molecule has 104 valence electrons. The quantitative estimate of drug-likeness (QED) is 0.688. The van der Waals surface area contributed by atoms with Crippen LogP contribution in [-0.4, -0.2) is 10.9 Å². The second-order valence-corrected chi connectivity index (χ2v) is 6.33. The summed E-state index contributed by atoms with van der Waals surface area (Å²) >= 11 is 4.93. The summed E-state index contributed by atoms with van der Waals surface area (Å²) in [6.45, 7) is 0. The normalized spacial score (nSPS) is 11.1. The number of hydrogen-bond acceptors (Lipinski definition) is 3. The lowest BCUT2D eigenvalue weighted by atomic mass is 10.3. The molecule has 0 bridgehead atoms. The topological polar surface area (TPSA) is 42.0 Å². The largest absolute Gasteiger partial charge is 0.322 e. The summed E-state index contributed by atoms with van der Waals surface area (Å²) < 4.78 is 2.04. The van der Waals surface area contributed by atoms with Crippen molar-refractivity contribution in [2.45, 2.75) is 0 Å². The Bertz CT molecular complexity index is 793. The Hall–Kier alpha value is -1.98. The SMILES string of the molecule is O=C(C=Cc1nc2ccccc2s1)Nc1cccc(Br)c1. The highest BCUT2D eigenvalue weighted by molar-refractivity contribution is 9.10. The van der Waals surface area contributed by atoms with E-state index < -0.39 is 0 Å². The maximum Gasteiger partial charge on any atom is 0.248 e. The van der Waals surface area contributed by atoms with E-state index in [1.165, 1.54) is 6.08 Å². The van der Waals surface area contributed by atoms with Crippen molar-refractivity contribution in [2.24, 2.45) is 0 Å². The number of nitrogens with zero attached hydrogens (tertiary/aromatic N) is 1. The highest BCUT2D eigenvalue weighted by Gasteiger charge is 2.01. The molecule has 21 heavy (non-hydrogen) atoms. The molecule has 1 aromatic heterocycles. The van der Waals surface area contributed by atoms with Gasteiger partial charge in [-0.3, -0.25) is 4.79 Å². The first-order valence-corrected chi connectivity index (χ1v) is 7.92. The van der Waals surface area contributed by atoms with Gasteiger partial charge < -0.3 is 5.32 Å². The van der Waals surface area contributed by atoms with E-state index in [0.29, 0.717) is 0 Å². The fourth-order valence-electron chi connectivity index (χ4n) is 1.86. The fraction of sp³-hybridized carbons (Fsp3) is 0. The molecular formula is C16H11BrN2OS. The lowest BCUT2D eigenvalue weighted by Gasteiger charge is -2.01. The molecule has 0 radical (unpaired) electrons. The van der Waals surface area contributed by atoms with Gasteiger partial charge in [0.2, 0.25) is 5.91 Å². The number of benzene rings is 2. The van der Waals surface area contributed by atoms with Gasteiger partial charge in [0.1, 0.15) is 5.01 Å². The van der Waals surface area contributed by atoms with Crippen LogP contribution in [0.3, 0.4) is 0 Å². The number of aromatic nitrogens is 1. The van der Waals surface area contributed by atoms with Gasteiger partial charge in [0.25, 0.3) is 0 Å². The molecule has 2 aromatic carbocycles. The van der Waals surface area contributed by atoms with Crippen LogP contribution in [0.15, 0.2) is 59.1 Å². The Balaban J connectivity index is 1.71. The van der Waals surface area contributed by atoms with Gasteiger partial charge in [0.05, 0.1) is 10.2 Å². The minimum Gasteiger partial charge on any atom is -0.322 e. The summed E-state index contributed by atoms with van der Waals surface area (Å²) in [4.78, 5) is 16.3. The summed E-state index contributed by atoms with van der Waals surface area (Å²) in [6, 6.07) is 15.4. The molecule has 1 heterocycles. The highest BCUT2D eigenvalue weighted by Crippen LogP contribution is 2.22. The maximum atomic E-state index is 11.9. The summed E-state index contributed by atoms with van der Waals surface area (Å²) in [6.07, 6.45) is 3.23. The second kappa shape index (κ2) is 6.20. The number of carbonyl (C=O) groups is 1. The number of carbonyl (C=O) groups excluding carboxylic acids is 1. The molecule has 0 spiro atoms. The van der Waals surface area contributed by atoms with Crippen LogP contribution in [-0.2, 0) is 4.79 Å². The Morgan fingerprint density at radius 1 is 1.19 bits per heavy atom.